The summed E-state index contributed by atoms with van der Waals surface area (Å²) in [5, 5.41) is 7.75. The lowest BCUT2D eigenvalue weighted by Crippen LogP contribution is -2.16. The Bertz CT molecular complexity index is 467. The Morgan fingerprint density at radius 3 is 2.44 bits per heavy atom. The van der Waals surface area contributed by atoms with Crippen molar-refractivity contribution in [2.45, 2.75) is 19.9 Å². The van der Waals surface area contributed by atoms with Crippen LogP contribution < -0.4 is 5.32 Å². The minimum Gasteiger partial charge on any atom is -0.309 e. The molecule has 0 saturated carbocycles. The van der Waals surface area contributed by atoms with Crippen LogP contribution in [0.2, 0.25) is 4.34 Å². The van der Waals surface area contributed by atoms with Gasteiger partial charge in [-0.25, -0.2) is 0 Å². The zero-order chi connectivity index (χ0) is 11.7. The molecule has 2 aromatic rings. The fraction of sp³-hybridized carbons (Fsp3) is 0.333. The second kappa shape index (κ2) is 4.88. The molecular weight excluding hydrogens is 258 g/mol. The van der Waals surface area contributed by atoms with Crippen molar-refractivity contribution in [1.82, 2.24) is 5.32 Å². The van der Waals surface area contributed by atoms with Gasteiger partial charge in [-0.1, -0.05) is 11.6 Å². The molecule has 2 heterocycles. The van der Waals surface area contributed by atoms with Crippen LogP contribution in [0.25, 0.3) is 0 Å². The van der Waals surface area contributed by atoms with Crippen molar-refractivity contribution in [3.63, 3.8) is 0 Å². The van der Waals surface area contributed by atoms with Gasteiger partial charge in [0, 0.05) is 4.88 Å². The number of hydrogen-bond donors (Lipinski definition) is 1. The molecule has 0 aliphatic rings. The standard InChI is InChI=1S/C12H14ClNS2/c1-7-4-10(16-12(7)13)11(14-3)9-6-15-5-8(9)2/h4-6,11,14H,1-3H3. The molecule has 0 aromatic carbocycles. The van der Waals surface area contributed by atoms with Crippen LogP contribution in [0, 0.1) is 13.8 Å². The van der Waals surface area contributed by atoms with Crippen molar-refractivity contribution in [1.29, 1.82) is 0 Å². The predicted octanol–water partition coefficient (Wildman–Crippen LogP) is 4.39. The number of rotatable bonds is 3. The largest absolute Gasteiger partial charge is 0.309 e. The summed E-state index contributed by atoms with van der Waals surface area (Å²) >= 11 is 9.53. The summed E-state index contributed by atoms with van der Waals surface area (Å²) in [5.41, 5.74) is 3.85. The van der Waals surface area contributed by atoms with Crippen LogP contribution in [-0.4, -0.2) is 7.05 Å². The summed E-state index contributed by atoms with van der Waals surface area (Å²) < 4.78 is 0.892. The molecule has 1 nitrogen and oxygen atoms in total. The maximum absolute atomic E-state index is 6.12. The van der Waals surface area contributed by atoms with E-state index in [2.05, 4.69) is 36.0 Å². The van der Waals surface area contributed by atoms with Crippen molar-refractivity contribution in [2.75, 3.05) is 7.05 Å². The molecule has 2 aromatic heterocycles. The molecule has 0 bridgehead atoms. The second-order valence-corrected chi connectivity index (χ2v) is 6.27. The molecule has 0 amide bonds. The Balaban J connectivity index is 2.40. The van der Waals surface area contributed by atoms with Crippen LogP contribution in [0.15, 0.2) is 16.8 Å². The topological polar surface area (TPSA) is 12.0 Å². The van der Waals surface area contributed by atoms with Crippen LogP contribution in [0.1, 0.15) is 27.6 Å². The van der Waals surface area contributed by atoms with Gasteiger partial charge in [0.25, 0.3) is 0 Å². The molecule has 0 fully saturated rings. The first kappa shape index (κ1) is 12.1. The van der Waals surface area contributed by atoms with Gasteiger partial charge in [-0.05, 0) is 54.4 Å². The van der Waals surface area contributed by atoms with E-state index in [1.807, 2.05) is 7.05 Å². The van der Waals surface area contributed by atoms with Gasteiger partial charge in [-0.3, -0.25) is 0 Å². The Morgan fingerprint density at radius 1 is 1.25 bits per heavy atom. The quantitative estimate of drug-likeness (QED) is 0.873. The zero-order valence-corrected chi connectivity index (χ0v) is 11.9. The Morgan fingerprint density at radius 2 is 2.00 bits per heavy atom. The molecule has 0 saturated heterocycles. The van der Waals surface area contributed by atoms with Gasteiger partial charge < -0.3 is 5.32 Å². The number of thiophene rings is 2. The maximum atomic E-state index is 6.12. The fourth-order valence-corrected chi connectivity index (χ4v) is 3.97. The highest BCUT2D eigenvalue weighted by Crippen LogP contribution is 2.35. The van der Waals surface area contributed by atoms with Crippen LogP contribution in [0.5, 0.6) is 0 Å². The molecule has 1 N–H and O–H groups in total. The minimum atomic E-state index is 0.266. The van der Waals surface area contributed by atoms with E-state index in [1.54, 1.807) is 22.7 Å². The second-order valence-electron chi connectivity index (χ2n) is 3.84. The highest BCUT2D eigenvalue weighted by molar-refractivity contribution is 7.16. The monoisotopic (exact) mass is 271 g/mol. The smallest absolute Gasteiger partial charge is 0.0961 e. The van der Waals surface area contributed by atoms with E-state index < -0.39 is 0 Å². The Hall–Kier alpha value is -0.350. The Labute approximate surface area is 109 Å². The van der Waals surface area contributed by atoms with Crippen LogP contribution >= 0.6 is 34.3 Å². The molecule has 1 unspecified atom stereocenters. The van der Waals surface area contributed by atoms with E-state index in [9.17, 15) is 0 Å². The molecule has 1 atom stereocenters. The van der Waals surface area contributed by atoms with Crippen LogP contribution in [0.4, 0.5) is 0 Å². The Kier molecular flexibility index (Phi) is 3.70. The minimum absolute atomic E-state index is 0.266. The first-order valence-corrected chi connectivity index (χ1v) is 7.23. The maximum Gasteiger partial charge on any atom is 0.0961 e. The van der Waals surface area contributed by atoms with E-state index in [4.69, 9.17) is 11.6 Å². The summed E-state index contributed by atoms with van der Waals surface area (Å²) in [6.45, 7) is 4.20. The van der Waals surface area contributed by atoms with E-state index >= 15 is 0 Å². The van der Waals surface area contributed by atoms with Gasteiger partial charge in [0.05, 0.1) is 10.4 Å². The van der Waals surface area contributed by atoms with E-state index in [0.29, 0.717) is 0 Å². The third-order valence-corrected chi connectivity index (χ3v) is 5.16. The van der Waals surface area contributed by atoms with Crippen LogP contribution in [0.3, 0.4) is 0 Å². The highest BCUT2D eigenvalue weighted by Gasteiger charge is 2.17. The van der Waals surface area contributed by atoms with Gasteiger partial charge >= 0.3 is 0 Å². The van der Waals surface area contributed by atoms with Gasteiger partial charge in [0.1, 0.15) is 0 Å². The SMILES string of the molecule is CNC(c1cc(C)c(Cl)s1)c1cscc1C. The van der Waals surface area contributed by atoms with E-state index in [-0.39, 0.29) is 6.04 Å². The third-order valence-electron chi connectivity index (χ3n) is 2.66. The molecule has 2 rings (SSSR count). The fourth-order valence-electron chi connectivity index (χ4n) is 1.74. The van der Waals surface area contributed by atoms with Gasteiger partial charge in [0.2, 0.25) is 0 Å². The average Bonchev–Trinajstić information content (AvgIpc) is 2.78. The number of hydrogen-bond acceptors (Lipinski definition) is 3. The molecular formula is C12H14ClNS2. The molecule has 86 valence electrons. The van der Waals surface area contributed by atoms with Crippen molar-refractivity contribution in [2.24, 2.45) is 0 Å². The molecule has 0 radical (unpaired) electrons. The summed E-state index contributed by atoms with van der Waals surface area (Å²) in [5.74, 6) is 0. The third kappa shape index (κ3) is 2.18. The van der Waals surface area contributed by atoms with Crippen molar-refractivity contribution >= 4 is 34.3 Å². The molecule has 0 aliphatic carbocycles. The first-order valence-electron chi connectivity index (χ1n) is 5.09. The van der Waals surface area contributed by atoms with Crippen LogP contribution in [-0.2, 0) is 0 Å². The lowest BCUT2D eigenvalue weighted by atomic mass is 10.1. The average molecular weight is 272 g/mol. The zero-order valence-electron chi connectivity index (χ0n) is 9.50. The highest BCUT2D eigenvalue weighted by atomic mass is 35.5. The summed E-state index contributed by atoms with van der Waals surface area (Å²) in [6.07, 6.45) is 0. The van der Waals surface area contributed by atoms with Crippen molar-refractivity contribution < 1.29 is 0 Å². The summed E-state index contributed by atoms with van der Waals surface area (Å²) in [6, 6.07) is 2.44. The lowest BCUT2D eigenvalue weighted by Gasteiger charge is -2.14. The summed E-state index contributed by atoms with van der Waals surface area (Å²) in [7, 11) is 1.99. The predicted molar refractivity (Wildman–Crippen MR) is 74.0 cm³/mol. The van der Waals surface area contributed by atoms with Gasteiger partial charge in [-0.15, -0.1) is 11.3 Å². The molecule has 0 spiro atoms. The number of nitrogens with one attached hydrogen (secondary N) is 1. The lowest BCUT2D eigenvalue weighted by molar-refractivity contribution is 0.702. The van der Waals surface area contributed by atoms with E-state index in [0.717, 1.165) is 9.90 Å². The normalized spacial score (nSPS) is 13.0. The van der Waals surface area contributed by atoms with Gasteiger partial charge in [0.15, 0.2) is 0 Å². The molecule has 4 heteroatoms. The van der Waals surface area contributed by atoms with E-state index in [1.165, 1.54) is 16.0 Å². The van der Waals surface area contributed by atoms with Gasteiger partial charge in [-0.2, -0.15) is 11.3 Å². The van der Waals surface area contributed by atoms with Crippen molar-refractivity contribution in [3.8, 4) is 0 Å². The number of aryl methyl sites for hydroxylation is 2. The molecule has 16 heavy (non-hydrogen) atoms. The van der Waals surface area contributed by atoms with Crippen molar-refractivity contribution in [3.05, 3.63) is 42.7 Å². The first-order chi connectivity index (χ1) is 7.63. The number of halogens is 1. The summed E-state index contributed by atoms with van der Waals surface area (Å²) in [4.78, 5) is 1.28. The molecule has 0 aliphatic heterocycles.